The Labute approximate surface area is 176 Å². The lowest BCUT2D eigenvalue weighted by Gasteiger charge is -2.06. The monoisotopic (exact) mass is 434 g/mol. The van der Waals surface area contributed by atoms with Crippen molar-refractivity contribution in [3.05, 3.63) is 63.8 Å². The van der Waals surface area contributed by atoms with Crippen LogP contribution in [0.4, 0.5) is 4.39 Å². The molecule has 1 aromatic carbocycles. The standard InChI is InChI=1S/C19H20ClFN6O3/c1-11-17(20)12(2)27(25-11)10-15-24-19(30-26-15)18(29)23-8-7-22-16(28)9-13-3-5-14(21)6-4-13/h3-6H,7-10H2,1-2H3,(H,22,28)(H,23,29). The number of benzene rings is 1. The van der Waals surface area contributed by atoms with Crippen LogP contribution in [-0.2, 0) is 17.8 Å². The molecule has 3 rings (SSSR count). The second kappa shape index (κ2) is 9.49. The predicted molar refractivity (Wildman–Crippen MR) is 106 cm³/mol. The molecule has 0 bridgehead atoms. The summed E-state index contributed by atoms with van der Waals surface area (Å²) in [5.74, 6) is -1.04. The van der Waals surface area contributed by atoms with Crippen LogP contribution in [0.25, 0.3) is 0 Å². The van der Waals surface area contributed by atoms with Crippen molar-refractivity contribution in [2.45, 2.75) is 26.8 Å². The molecule has 0 aliphatic heterocycles. The minimum atomic E-state index is -0.548. The van der Waals surface area contributed by atoms with Crippen molar-refractivity contribution in [3.8, 4) is 0 Å². The van der Waals surface area contributed by atoms with Crippen LogP contribution in [-0.4, -0.2) is 44.8 Å². The Bertz CT molecular complexity index is 1050. The number of hydrogen-bond donors (Lipinski definition) is 2. The first-order valence-corrected chi connectivity index (χ1v) is 9.52. The third-order valence-electron chi connectivity index (χ3n) is 4.26. The molecule has 0 saturated heterocycles. The fourth-order valence-corrected chi connectivity index (χ4v) is 2.81. The minimum Gasteiger partial charge on any atom is -0.354 e. The Morgan fingerprint density at radius 3 is 2.53 bits per heavy atom. The summed E-state index contributed by atoms with van der Waals surface area (Å²) < 4.78 is 19.5. The third kappa shape index (κ3) is 5.41. The largest absolute Gasteiger partial charge is 0.354 e. The van der Waals surface area contributed by atoms with Crippen LogP contribution < -0.4 is 10.6 Å². The highest BCUT2D eigenvalue weighted by atomic mass is 35.5. The molecule has 11 heteroatoms. The van der Waals surface area contributed by atoms with E-state index < -0.39 is 5.91 Å². The molecule has 0 spiro atoms. The Hall–Kier alpha value is -3.27. The van der Waals surface area contributed by atoms with Crippen molar-refractivity contribution in [2.24, 2.45) is 0 Å². The van der Waals surface area contributed by atoms with E-state index in [4.69, 9.17) is 16.1 Å². The quantitative estimate of drug-likeness (QED) is 0.522. The van der Waals surface area contributed by atoms with Gasteiger partial charge in [0.05, 0.1) is 22.8 Å². The van der Waals surface area contributed by atoms with Gasteiger partial charge in [-0.15, -0.1) is 0 Å². The molecular formula is C19H20ClFN6O3. The SMILES string of the molecule is Cc1nn(Cc2noc(C(=O)NCCNC(=O)Cc3ccc(F)cc3)n2)c(C)c1Cl. The summed E-state index contributed by atoms with van der Waals surface area (Å²) in [5.41, 5.74) is 2.15. The smallest absolute Gasteiger partial charge is 0.316 e. The maximum Gasteiger partial charge on any atom is 0.316 e. The molecule has 0 radical (unpaired) electrons. The van der Waals surface area contributed by atoms with Crippen molar-refractivity contribution in [3.63, 3.8) is 0 Å². The van der Waals surface area contributed by atoms with Gasteiger partial charge < -0.3 is 15.2 Å². The van der Waals surface area contributed by atoms with Gasteiger partial charge in [0, 0.05) is 13.1 Å². The normalized spacial score (nSPS) is 10.8. The fourth-order valence-electron chi connectivity index (χ4n) is 2.68. The highest BCUT2D eigenvalue weighted by Crippen LogP contribution is 2.19. The zero-order valence-electron chi connectivity index (χ0n) is 16.4. The van der Waals surface area contributed by atoms with Crippen LogP contribution in [0.3, 0.4) is 0 Å². The number of carbonyl (C=O) groups excluding carboxylic acids is 2. The van der Waals surface area contributed by atoms with Crippen LogP contribution in [0.15, 0.2) is 28.8 Å². The molecular weight excluding hydrogens is 415 g/mol. The lowest BCUT2D eigenvalue weighted by atomic mass is 10.1. The van der Waals surface area contributed by atoms with Crippen LogP contribution in [0, 0.1) is 19.7 Å². The average molecular weight is 435 g/mol. The number of aryl methyl sites for hydroxylation is 1. The summed E-state index contributed by atoms with van der Waals surface area (Å²) in [5, 5.41) is 13.9. The summed E-state index contributed by atoms with van der Waals surface area (Å²) in [6, 6.07) is 5.68. The zero-order chi connectivity index (χ0) is 21.7. The number of aromatic nitrogens is 4. The lowest BCUT2D eigenvalue weighted by molar-refractivity contribution is -0.120. The van der Waals surface area contributed by atoms with Gasteiger partial charge in [0.1, 0.15) is 12.4 Å². The van der Waals surface area contributed by atoms with Crippen molar-refractivity contribution in [1.82, 2.24) is 30.6 Å². The summed E-state index contributed by atoms with van der Waals surface area (Å²) in [7, 11) is 0. The highest BCUT2D eigenvalue weighted by Gasteiger charge is 2.17. The Morgan fingerprint density at radius 1 is 1.17 bits per heavy atom. The molecule has 0 aliphatic carbocycles. The van der Waals surface area contributed by atoms with Crippen molar-refractivity contribution < 1.29 is 18.5 Å². The van der Waals surface area contributed by atoms with Gasteiger partial charge in [-0.2, -0.15) is 10.1 Å². The van der Waals surface area contributed by atoms with Gasteiger partial charge in [-0.05, 0) is 31.5 Å². The second-order valence-corrected chi connectivity index (χ2v) is 6.95. The van der Waals surface area contributed by atoms with Gasteiger partial charge >= 0.3 is 11.8 Å². The fraction of sp³-hybridized carbons (Fsp3) is 0.316. The van der Waals surface area contributed by atoms with Gasteiger partial charge in [0.15, 0.2) is 5.82 Å². The van der Waals surface area contributed by atoms with Gasteiger partial charge in [0.2, 0.25) is 5.91 Å². The summed E-state index contributed by atoms with van der Waals surface area (Å²) in [6.07, 6.45) is 0.123. The molecule has 158 valence electrons. The van der Waals surface area contributed by atoms with E-state index >= 15 is 0 Å². The lowest BCUT2D eigenvalue weighted by Crippen LogP contribution is -2.35. The van der Waals surface area contributed by atoms with Crippen molar-refractivity contribution in [1.29, 1.82) is 0 Å². The van der Waals surface area contributed by atoms with E-state index in [1.807, 2.05) is 6.92 Å². The van der Waals surface area contributed by atoms with E-state index in [0.29, 0.717) is 16.3 Å². The average Bonchev–Trinajstić information content (AvgIpc) is 3.28. The molecule has 0 atom stereocenters. The molecule has 2 N–H and O–H groups in total. The molecule has 2 aromatic heterocycles. The minimum absolute atomic E-state index is 0.123. The number of nitrogens with one attached hydrogen (secondary N) is 2. The first-order chi connectivity index (χ1) is 14.3. The number of hydrogen-bond acceptors (Lipinski definition) is 6. The molecule has 0 fully saturated rings. The van der Waals surface area contributed by atoms with E-state index in [1.54, 1.807) is 23.7 Å². The van der Waals surface area contributed by atoms with Crippen LogP contribution in [0.1, 0.15) is 33.5 Å². The maximum absolute atomic E-state index is 12.9. The van der Waals surface area contributed by atoms with E-state index in [-0.39, 0.29) is 49.5 Å². The Kier molecular flexibility index (Phi) is 6.78. The van der Waals surface area contributed by atoms with Crippen molar-refractivity contribution >= 4 is 23.4 Å². The number of rotatable bonds is 8. The van der Waals surface area contributed by atoms with Crippen LogP contribution in [0.5, 0.6) is 0 Å². The van der Waals surface area contributed by atoms with E-state index in [0.717, 1.165) is 5.69 Å². The number of carbonyl (C=O) groups is 2. The van der Waals surface area contributed by atoms with Gasteiger partial charge in [-0.1, -0.05) is 28.9 Å². The zero-order valence-corrected chi connectivity index (χ0v) is 17.2. The third-order valence-corrected chi connectivity index (χ3v) is 4.80. The topological polar surface area (TPSA) is 115 Å². The van der Waals surface area contributed by atoms with Crippen LogP contribution in [0.2, 0.25) is 5.02 Å². The molecule has 3 aromatic rings. The summed E-state index contributed by atoms with van der Waals surface area (Å²) in [4.78, 5) is 28.0. The van der Waals surface area contributed by atoms with E-state index in [9.17, 15) is 14.0 Å². The number of halogens is 2. The number of amides is 2. The summed E-state index contributed by atoms with van der Waals surface area (Å²) in [6.45, 7) is 4.23. The van der Waals surface area contributed by atoms with Crippen LogP contribution >= 0.6 is 11.6 Å². The van der Waals surface area contributed by atoms with Crippen molar-refractivity contribution in [2.75, 3.05) is 13.1 Å². The van der Waals surface area contributed by atoms with Gasteiger partial charge in [0.25, 0.3) is 0 Å². The second-order valence-electron chi connectivity index (χ2n) is 6.57. The Balaban J connectivity index is 1.42. The maximum atomic E-state index is 12.9. The molecule has 0 unspecified atom stereocenters. The number of nitrogens with zero attached hydrogens (tertiary/aromatic N) is 4. The molecule has 30 heavy (non-hydrogen) atoms. The molecule has 2 amide bonds. The first-order valence-electron chi connectivity index (χ1n) is 9.15. The molecule has 9 nitrogen and oxygen atoms in total. The Morgan fingerprint density at radius 2 is 1.87 bits per heavy atom. The highest BCUT2D eigenvalue weighted by molar-refractivity contribution is 6.31. The predicted octanol–water partition coefficient (Wildman–Crippen LogP) is 1.81. The molecule has 0 saturated carbocycles. The molecule has 0 aliphatic rings. The van der Waals surface area contributed by atoms with E-state index in [2.05, 4.69) is 25.9 Å². The van der Waals surface area contributed by atoms with Gasteiger partial charge in [-0.25, -0.2) is 4.39 Å². The van der Waals surface area contributed by atoms with Gasteiger partial charge in [-0.3, -0.25) is 14.3 Å². The summed E-state index contributed by atoms with van der Waals surface area (Å²) >= 11 is 6.11. The molecule has 2 heterocycles. The van der Waals surface area contributed by atoms with E-state index in [1.165, 1.54) is 12.1 Å². The first kappa shape index (κ1) is 21.4.